The molecule has 0 saturated carbocycles. The number of anilines is 1. The number of halogens is 1. The topological polar surface area (TPSA) is 66.9 Å². The Morgan fingerprint density at radius 3 is 2.90 bits per heavy atom. The molecule has 2 N–H and O–H groups in total. The molecule has 2 aromatic rings. The number of pyridine rings is 2. The number of carbonyl (C=O) groups excluding carboxylic acids is 1. The summed E-state index contributed by atoms with van der Waals surface area (Å²) in [5.74, 6) is 0.529. The predicted octanol–water partition coefficient (Wildman–Crippen LogP) is 2.91. The number of nitrogens with zero attached hydrogens (tertiary/aromatic N) is 2. The molecule has 0 fully saturated rings. The number of hydrogen-bond acceptors (Lipinski definition) is 3. The average molecular weight is 335 g/mol. The third-order valence-corrected chi connectivity index (χ3v) is 3.51. The molecular weight excluding hydrogens is 320 g/mol. The molecule has 104 valence electrons. The van der Waals surface area contributed by atoms with Crippen molar-refractivity contribution in [1.29, 1.82) is 0 Å². The van der Waals surface area contributed by atoms with Gasteiger partial charge in [-0.15, -0.1) is 0 Å². The lowest BCUT2D eigenvalue weighted by molar-refractivity contribution is 0.252. The van der Waals surface area contributed by atoms with Gasteiger partial charge in [0, 0.05) is 35.5 Å². The van der Waals surface area contributed by atoms with Gasteiger partial charge in [-0.25, -0.2) is 9.78 Å². The van der Waals surface area contributed by atoms with Crippen molar-refractivity contribution in [3.8, 4) is 0 Å². The second kappa shape index (κ2) is 7.00. The number of aromatic nitrogens is 2. The van der Waals surface area contributed by atoms with Crippen molar-refractivity contribution >= 4 is 27.8 Å². The monoisotopic (exact) mass is 334 g/mol. The summed E-state index contributed by atoms with van der Waals surface area (Å²) in [5, 5.41) is 5.47. The third-order valence-electron chi connectivity index (χ3n) is 2.68. The van der Waals surface area contributed by atoms with Crippen molar-refractivity contribution in [2.45, 2.75) is 13.3 Å². The van der Waals surface area contributed by atoms with E-state index in [0.29, 0.717) is 18.8 Å². The standard InChI is InChI=1S/C14H15BrN4O/c1-10-8-13(18-9-12(10)15)19-14(20)17-7-5-11-4-2-3-6-16-11/h2-4,6,8-9H,5,7H2,1H3,(H2,17,18,19,20). The highest BCUT2D eigenvalue weighted by molar-refractivity contribution is 9.10. The van der Waals surface area contributed by atoms with E-state index in [2.05, 4.69) is 36.5 Å². The van der Waals surface area contributed by atoms with Crippen LogP contribution < -0.4 is 10.6 Å². The van der Waals surface area contributed by atoms with Crippen LogP contribution in [-0.2, 0) is 6.42 Å². The number of hydrogen-bond donors (Lipinski definition) is 2. The molecule has 0 aliphatic rings. The highest BCUT2D eigenvalue weighted by atomic mass is 79.9. The second-order valence-corrected chi connectivity index (χ2v) is 5.13. The fourth-order valence-electron chi connectivity index (χ4n) is 1.62. The first-order chi connectivity index (χ1) is 9.65. The van der Waals surface area contributed by atoms with E-state index < -0.39 is 0 Å². The number of rotatable bonds is 4. The molecule has 0 aliphatic carbocycles. The molecule has 0 aromatic carbocycles. The van der Waals surface area contributed by atoms with Crippen molar-refractivity contribution in [2.75, 3.05) is 11.9 Å². The van der Waals surface area contributed by atoms with Gasteiger partial charge >= 0.3 is 6.03 Å². The van der Waals surface area contributed by atoms with Crippen LogP contribution >= 0.6 is 15.9 Å². The van der Waals surface area contributed by atoms with Crippen molar-refractivity contribution in [2.24, 2.45) is 0 Å². The summed E-state index contributed by atoms with van der Waals surface area (Å²) in [6.45, 7) is 2.47. The molecule has 0 saturated heterocycles. The molecule has 0 atom stereocenters. The van der Waals surface area contributed by atoms with Crippen LogP contribution in [0.4, 0.5) is 10.6 Å². The molecule has 2 rings (SSSR count). The lowest BCUT2D eigenvalue weighted by Crippen LogP contribution is -2.30. The molecule has 2 heterocycles. The highest BCUT2D eigenvalue weighted by Crippen LogP contribution is 2.16. The number of amides is 2. The smallest absolute Gasteiger partial charge is 0.320 e. The van der Waals surface area contributed by atoms with Crippen LogP contribution in [0.5, 0.6) is 0 Å². The van der Waals surface area contributed by atoms with Crippen LogP contribution in [0.25, 0.3) is 0 Å². The van der Waals surface area contributed by atoms with Crippen LogP contribution in [0.1, 0.15) is 11.3 Å². The normalized spacial score (nSPS) is 10.1. The zero-order valence-corrected chi connectivity index (χ0v) is 12.6. The molecule has 0 radical (unpaired) electrons. The van der Waals surface area contributed by atoms with Gasteiger partial charge in [-0.05, 0) is 46.6 Å². The Balaban J connectivity index is 1.79. The maximum Gasteiger partial charge on any atom is 0.320 e. The Morgan fingerprint density at radius 2 is 2.20 bits per heavy atom. The third kappa shape index (κ3) is 4.31. The first-order valence-corrected chi connectivity index (χ1v) is 7.01. The number of aryl methyl sites for hydroxylation is 1. The van der Waals surface area contributed by atoms with Gasteiger partial charge in [0.25, 0.3) is 0 Å². The van der Waals surface area contributed by atoms with Gasteiger partial charge in [0.1, 0.15) is 5.82 Å². The lowest BCUT2D eigenvalue weighted by atomic mass is 10.3. The molecule has 5 nitrogen and oxygen atoms in total. The van der Waals surface area contributed by atoms with Crippen molar-refractivity contribution < 1.29 is 4.79 Å². The van der Waals surface area contributed by atoms with Crippen LogP contribution in [0, 0.1) is 6.92 Å². The Labute approximate surface area is 126 Å². The first kappa shape index (κ1) is 14.5. The zero-order valence-electron chi connectivity index (χ0n) is 11.1. The van der Waals surface area contributed by atoms with E-state index in [-0.39, 0.29) is 6.03 Å². The van der Waals surface area contributed by atoms with Gasteiger partial charge in [-0.2, -0.15) is 0 Å². The number of urea groups is 1. The van der Waals surface area contributed by atoms with Crippen LogP contribution in [0.3, 0.4) is 0 Å². The minimum absolute atomic E-state index is 0.268. The number of nitrogens with one attached hydrogen (secondary N) is 2. The zero-order chi connectivity index (χ0) is 14.4. The quantitative estimate of drug-likeness (QED) is 0.903. The Morgan fingerprint density at radius 1 is 1.35 bits per heavy atom. The van der Waals surface area contributed by atoms with Crippen LogP contribution in [0.2, 0.25) is 0 Å². The second-order valence-electron chi connectivity index (χ2n) is 4.27. The van der Waals surface area contributed by atoms with Crippen molar-refractivity contribution in [3.63, 3.8) is 0 Å². The minimum atomic E-state index is -0.268. The molecular formula is C14H15BrN4O. The summed E-state index contributed by atoms with van der Waals surface area (Å²) >= 11 is 3.37. The fraction of sp³-hybridized carbons (Fsp3) is 0.214. The molecule has 0 spiro atoms. The largest absolute Gasteiger partial charge is 0.337 e. The van der Waals surface area contributed by atoms with E-state index >= 15 is 0 Å². The summed E-state index contributed by atoms with van der Waals surface area (Å²) in [4.78, 5) is 20.0. The molecule has 20 heavy (non-hydrogen) atoms. The van der Waals surface area contributed by atoms with E-state index in [1.807, 2.05) is 31.2 Å². The van der Waals surface area contributed by atoms with Gasteiger partial charge < -0.3 is 5.32 Å². The number of carbonyl (C=O) groups is 1. The van der Waals surface area contributed by atoms with Crippen LogP contribution in [-0.4, -0.2) is 22.5 Å². The van der Waals surface area contributed by atoms with Gasteiger partial charge in [-0.1, -0.05) is 6.07 Å². The fourth-order valence-corrected chi connectivity index (χ4v) is 1.84. The average Bonchev–Trinajstić information content (AvgIpc) is 2.44. The summed E-state index contributed by atoms with van der Waals surface area (Å²) < 4.78 is 0.915. The van der Waals surface area contributed by atoms with E-state index in [9.17, 15) is 4.79 Å². The Hall–Kier alpha value is -1.95. The van der Waals surface area contributed by atoms with E-state index in [0.717, 1.165) is 15.7 Å². The van der Waals surface area contributed by atoms with E-state index in [1.54, 1.807) is 12.4 Å². The summed E-state index contributed by atoms with van der Waals surface area (Å²) in [6, 6.07) is 7.26. The Bertz CT molecular complexity index is 589. The maximum atomic E-state index is 11.7. The molecule has 2 amide bonds. The van der Waals surface area contributed by atoms with Gasteiger partial charge in [0.15, 0.2) is 0 Å². The molecule has 6 heteroatoms. The highest BCUT2D eigenvalue weighted by Gasteiger charge is 2.04. The van der Waals surface area contributed by atoms with E-state index in [1.165, 1.54) is 0 Å². The predicted molar refractivity (Wildman–Crippen MR) is 81.6 cm³/mol. The minimum Gasteiger partial charge on any atom is -0.337 e. The molecule has 0 bridgehead atoms. The molecule has 0 unspecified atom stereocenters. The summed E-state index contributed by atoms with van der Waals surface area (Å²) in [7, 11) is 0. The van der Waals surface area contributed by atoms with Gasteiger partial charge in [0.2, 0.25) is 0 Å². The van der Waals surface area contributed by atoms with Crippen LogP contribution in [0.15, 0.2) is 41.1 Å². The Kier molecular flexibility index (Phi) is 5.06. The van der Waals surface area contributed by atoms with Crippen molar-refractivity contribution in [3.05, 3.63) is 52.4 Å². The molecule has 2 aromatic heterocycles. The SMILES string of the molecule is Cc1cc(NC(=O)NCCc2ccccn2)ncc1Br. The maximum absolute atomic E-state index is 11.7. The molecule has 0 aliphatic heterocycles. The summed E-state index contributed by atoms with van der Waals surface area (Å²) in [6.07, 6.45) is 4.10. The first-order valence-electron chi connectivity index (χ1n) is 6.22. The summed E-state index contributed by atoms with van der Waals surface area (Å²) in [5.41, 5.74) is 1.97. The lowest BCUT2D eigenvalue weighted by Gasteiger charge is -2.07. The van der Waals surface area contributed by atoms with E-state index in [4.69, 9.17) is 0 Å². The van der Waals surface area contributed by atoms with Gasteiger partial charge in [0.05, 0.1) is 0 Å². The van der Waals surface area contributed by atoms with Crippen molar-refractivity contribution in [1.82, 2.24) is 15.3 Å². The van der Waals surface area contributed by atoms with Gasteiger partial charge in [-0.3, -0.25) is 10.3 Å².